The molecule has 2 atom stereocenters. The second kappa shape index (κ2) is 4.51. The van der Waals surface area contributed by atoms with Crippen molar-refractivity contribution in [2.45, 2.75) is 32.2 Å². The van der Waals surface area contributed by atoms with Crippen molar-refractivity contribution in [3.05, 3.63) is 24.0 Å². The largest absolute Gasteiger partial charge is 0.478 e. The maximum Gasteiger partial charge on any atom is 0.337 e. The summed E-state index contributed by atoms with van der Waals surface area (Å²) in [5.41, 5.74) is 0.933. The number of anilines is 1. The molecule has 0 bridgehead atoms. The Kier molecular flexibility index (Phi) is 3.08. The van der Waals surface area contributed by atoms with Crippen LogP contribution < -0.4 is 5.32 Å². The van der Waals surface area contributed by atoms with E-state index in [1.54, 1.807) is 6.20 Å². The summed E-state index contributed by atoms with van der Waals surface area (Å²) in [6, 6.07) is 1.91. The van der Waals surface area contributed by atoms with Crippen LogP contribution in [0.5, 0.6) is 0 Å². The fraction of sp³-hybridized carbons (Fsp3) is 0.500. The minimum Gasteiger partial charge on any atom is -0.478 e. The Balaban J connectivity index is 2.17. The summed E-state index contributed by atoms with van der Waals surface area (Å²) < 4.78 is 0. The van der Waals surface area contributed by atoms with E-state index in [1.807, 2.05) is 0 Å². The van der Waals surface area contributed by atoms with E-state index in [9.17, 15) is 4.79 Å². The minimum absolute atomic E-state index is 0.300. The first kappa shape index (κ1) is 10.9. The number of rotatable bonds is 3. The summed E-state index contributed by atoms with van der Waals surface area (Å²) in [5, 5.41) is 12.3. The molecule has 0 aliphatic heterocycles. The number of pyridine rings is 1. The summed E-state index contributed by atoms with van der Waals surface area (Å²) in [4.78, 5) is 15.0. The van der Waals surface area contributed by atoms with E-state index < -0.39 is 5.97 Å². The van der Waals surface area contributed by atoms with Crippen molar-refractivity contribution in [1.82, 2.24) is 4.98 Å². The van der Waals surface area contributed by atoms with Gasteiger partial charge in [-0.3, -0.25) is 4.98 Å². The van der Waals surface area contributed by atoms with E-state index in [1.165, 1.54) is 25.1 Å². The molecule has 2 unspecified atom stereocenters. The number of hydrogen-bond donors (Lipinski definition) is 2. The van der Waals surface area contributed by atoms with Crippen molar-refractivity contribution < 1.29 is 9.90 Å². The molecule has 1 saturated carbocycles. The number of nitrogens with zero attached hydrogens (tertiary/aromatic N) is 1. The SMILES string of the molecule is CC1CCCC1Nc1cnccc1C(=O)O. The Morgan fingerprint density at radius 1 is 1.56 bits per heavy atom. The molecule has 2 N–H and O–H groups in total. The van der Waals surface area contributed by atoms with Crippen LogP contribution in [-0.2, 0) is 0 Å². The third-order valence-corrected chi connectivity index (χ3v) is 3.25. The molecule has 0 spiro atoms. The lowest BCUT2D eigenvalue weighted by atomic mass is 10.1. The van der Waals surface area contributed by atoms with E-state index in [2.05, 4.69) is 17.2 Å². The van der Waals surface area contributed by atoms with Crippen LogP contribution >= 0.6 is 0 Å². The number of carboxylic acids is 1. The highest BCUT2D eigenvalue weighted by Crippen LogP contribution is 2.28. The maximum atomic E-state index is 11.0. The molecule has 1 aromatic rings. The van der Waals surface area contributed by atoms with Gasteiger partial charge < -0.3 is 10.4 Å². The lowest BCUT2D eigenvalue weighted by Crippen LogP contribution is -2.23. The smallest absolute Gasteiger partial charge is 0.337 e. The van der Waals surface area contributed by atoms with Crippen molar-refractivity contribution in [2.24, 2.45) is 5.92 Å². The Labute approximate surface area is 94.7 Å². The van der Waals surface area contributed by atoms with Gasteiger partial charge in [0, 0.05) is 12.2 Å². The lowest BCUT2D eigenvalue weighted by molar-refractivity contribution is 0.0697. The van der Waals surface area contributed by atoms with Crippen LogP contribution in [0.25, 0.3) is 0 Å². The zero-order chi connectivity index (χ0) is 11.5. The number of aromatic carboxylic acids is 1. The molecule has 1 fully saturated rings. The quantitative estimate of drug-likeness (QED) is 0.821. The molecule has 2 rings (SSSR count). The van der Waals surface area contributed by atoms with Crippen molar-refractivity contribution in [3.63, 3.8) is 0 Å². The number of carbonyl (C=O) groups is 1. The van der Waals surface area contributed by atoms with Gasteiger partial charge in [-0.2, -0.15) is 0 Å². The zero-order valence-corrected chi connectivity index (χ0v) is 9.31. The normalized spacial score (nSPS) is 24.3. The molecule has 0 amide bonds. The molecular formula is C12H16N2O2. The van der Waals surface area contributed by atoms with E-state index in [0.717, 1.165) is 6.42 Å². The van der Waals surface area contributed by atoms with Gasteiger partial charge >= 0.3 is 5.97 Å². The fourth-order valence-corrected chi connectivity index (χ4v) is 2.26. The number of aromatic nitrogens is 1. The molecule has 1 heterocycles. The molecule has 4 heteroatoms. The van der Waals surface area contributed by atoms with Gasteiger partial charge in [-0.1, -0.05) is 13.3 Å². The second-order valence-electron chi connectivity index (χ2n) is 4.39. The Bertz CT molecular complexity index is 392. The van der Waals surface area contributed by atoms with Crippen LogP contribution in [0.2, 0.25) is 0 Å². The van der Waals surface area contributed by atoms with Crippen molar-refractivity contribution in [1.29, 1.82) is 0 Å². The van der Waals surface area contributed by atoms with Gasteiger partial charge in [-0.05, 0) is 24.8 Å². The molecule has 86 valence electrons. The molecule has 4 nitrogen and oxygen atoms in total. The van der Waals surface area contributed by atoms with Crippen LogP contribution in [0, 0.1) is 5.92 Å². The number of carboxylic acid groups (broad SMARTS) is 1. The van der Waals surface area contributed by atoms with Crippen LogP contribution in [-0.4, -0.2) is 22.1 Å². The first-order valence-corrected chi connectivity index (χ1v) is 5.62. The molecule has 1 aromatic heterocycles. The van der Waals surface area contributed by atoms with Crippen LogP contribution in [0.1, 0.15) is 36.5 Å². The summed E-state index contributed by atoms with van der Waals surface area (Å²) in [7, 11) is 0. The fourth-order valence-electron chi connectivity index (χ4n) is 2.26. The summed E-state index contributed by atoms with van der Waals surface area (Å²) in [5.74, 6) is -0.308. The zero-order valence-electron chi connectivity index (χ0n) is 9.31. The van der Waals surface area contributed by atoms with Gasteiger partial charge in [-0.25, -0.2) is 4.79 Å². The summed E-state index contributed by atoms with van der Waals surface area (Å²) in [6.07, 6.45) is 6.62. The Hall–Kier alpha value is -1.58. The highest BCUT2D eigenvalue weighted by Gasteiger charge is 2.24. The van der Waals surface area contributed by atoms with Crippen LogP contribution in [0.3, 0.4) is 0 Å². The van der Waals surface area contributed by atoms with Gasteiger partial charge in [0.15, 0.2) is 0 Å². The predicted octanol–water partition coefficient (Wildman–Crippen LogP) is 2.38. The molecule has 16 heavy (non-hydrogen) atoms. The molecule has 1 aliphatic rings. The van der Waals surface area contributed by atoms with E-state index in [-0.39, 0.29) is 0 Å². The maximum absolute atomic E-state index is 11.0. The second-order valence-corrected chi connectivity index (χ2v) is 4.39. The van der Waals surface area contributed by atoms with Crippen molar-refractivity contribution >= 4 is 11.7 Å². The van der Waals surface area contributed by atoms with Gasteiger partial charge in [0.05, 0.1) is 17.4 Å². The van der Waals surface area contributed by atoms with E-state index in [0.29, 0.717) is 23.2 Å². The Morgan fingerprint density at radius 2 is 2.38 bits per heavy atom. The molecule has 1 aliphatic carbocycles. The average molecular weight is 220 g/mol. The van der Waals surface area contributed by atoms with Crippen molar-refractivity contribution in [3.8, 4) is 0 Å². The third kappa shape index (κ3) is 2.15. The van der Waals surface area contributed by atoms with Crippen LogP contribution in [0.4, 0.5) is 5.69 Å². The first-order chi connectivity index (χ1) is 7.68. The summed E-state index contributed by atoms with van der Waals surface area (Å²) >= 11 is 0. The highest BCUT2D eigenvalue weighted by atomic mass is 16.4. The van der Waals surface area contributed by atoms with E-state index in [4.69, 9.17) is 5.11 Å². The molecule has 0 saturated heterocycles. The highest BCUT2D eigenvalue weighted by molar-refractivity contribution is 5.93. The summed E-state index contributed by atoms with van der Waals surface area (Å²) in [6.45, 7) is 2.20. The Morgan fingerprint density at radius 3 is 3.00 bits per heavy atom. The number of hydrogen-bond acceptors (Lipinski definition) is 3. The minimum atomic E-state index is -0.907. The first-order valence-electron chi connectivity index (χ1n) is 5.62. The van der Waals surface area contributed by atoms with Gasteiger partial charge in [0.1, 0.15) is 0 Å². The van der Waals surface area contributed by atoms with Crippen molar-refractivity contribution in [2.75, 3.05) is 5.32 Å². The van der Waals surface area contributed by atoms with E-state index >= 15 is 0 Å². The third-order valence-electron chi connectivity index (χ3n) is 3.25. The molecular weight excluding hydrogens is 204 g/mol. The topological polar surface area (TPSA) is 62.2 Å². The monoisotopic (exact) mass is 220 g/mol. The number of nitrogens with one attached hydrogen (secondary N) is 1. The molecule has 0 radical (unpaired) electrons. The predicted molar refractivity (Wildman–Crippen MR) is 61.6 cm³/mol. The van der Waals surface area contributed by atoms with Gasteiger partial charge in [0.25, 0.3) is 0 Å². The van der Waals surface area contributed by atoms with Gasteiger partial charge in [0.2, 0.25) is 0 Å². The average Bonchev–Trinajstić information content (AvgIpc) is 2.65. The molecule has 0 aromatic carbocycles. The van der Waals surface area contributed by atoms with Crippen LogP contribution in [0.15, 0.2) is 18.5 Å². The van der Waals surface area contributed by atoms with Gasteiger partial charge in [-0.15, -0.1) is 0 Å². The lowest BCUT2D eigenvalue weighted by Gasteiger charge is -2.19. The standard InChI is InChI=1S/C12H16N2O2/c1-8-3-2-4-10(8)14-11-7-13-6-5-9(11)12(15)16/h5-8,10,14H,2-4H2,1H3,(H,15,16).